The van der Waals surface area contributed by atoms with E-state index in [0.29, 0.717) is 22.1 Å². The molecule has 1 amide bonds. The van der Waals surface area contributed by atoms with Crippen molar-refractivity contribution in [3.8, 4) is 17.1 Å². The Hall–Kier alpha value is -3.26. The van der Waals surface area contributed by atoms with Gasteiger partial charge in [0.1, 0.15) is 18.3 Å². The maximum atomic E-state index is 12.4. The highest BCUT2D eigenvalue weighted by atomic mass is 32.1. The van der Waals surface area contributed by atoms with Gasteiger partial charge in [-0.05, 0) is 30.3 Å². The van der Waals surface area contributed by atoms with Gasteiger partial charge < -0.3 is 4.42 Å². The predicted molar refractivity (Wildman–Crippen MR) is 89.1 cm³/mol. The number of benzene rings is 1. The van der Waals surface area contributed by atoms with E-state index in [9.17, 15) is 4.79 Å². The van der Waals surface area contributed by atoms with Crippen LogP contribution in [0.1, 0.15) is 10.4 Å². The SMILES string of the molecule is O=C(Nc1nc(-c2ccco2)cs1)c1cccc(-n2cncn2)c1. The number of hydrogen-bond donors (Lipinski definition) is 1. The van der Waals surface area contributed by atoms with Crippen molar-refractivity contribution < 1.29 is 9.21 Å². The lowest BCUT2D eigenvalue weighted by Gasteiger charge is -2.04. The van der Waals surface area contributed by atoms with Crippen LogP contribution in [0.5, 0.6) is 0 Å². The lowest BCUT2D eigenvalue weighted by Crippen LogP contribution is -2.12. The second kappa shape index (κ2) is 6.09. The molecule has 0 bridgehead atoms. The van der Waals surface area contributed by atoms with Crippen LogP contribution in [0.25, 0.3) is 17.1 Å². The Morgan fingerprint density at radius 1 is 1.25 bits per heavy atom. The molecule has 0 atom stereocenters. The second-order valence-corrected chi connectivity index (χ2v) is 5.72. The molecule has 0 aliphatic carbocycles. The van der Waals surface area contributed by atoms with Crippen molar-refractivity contribution in [2.75, 3.05) is 5.32 Å². The third-order valence-corrected chi connectivity index (χ3v) is 4.05. The average molecular weight is 337 g/mol. The fourth-order valence-electron chi connectivity index (χ4n) is 2.17. The van der Waals surface area contributed by atoms with Crippen LogP contribution in [0.4, 0.5) is 5.13 Å². The first kappa shape index (κ1) is 14.3. The van der Waals surface area contributed by atoms with Crippen molar-refractivity contribution in [1.29, 1.82) is 0 Å². The normalized spacial score (nSPS) is 10.7. The third kappa shape index (κ3) is 2.82. The first-order chi connectivity index (χ1) is 11.8. The van der Waals surface area contributed by atoms with E-state index in [4.69, 9.17) is 4.42 Å². The number of amides is 1. The smallest absolute Gasteiger partial charge is 0.257 e. The fourth-order valence-corrected chi connectivity index (χ4v) is 2.86. The third-order valence-electron chi connectivity index (χ3n) is 3.29. The largest absolute Gasteiger partial charge is 0.463 e. The summed E-state index contributed by atoms with van der Waals surface area (Å²) in [7, 11) is 0. The highest BCUT2D eigenvalue weighted by molar-refractivity contribution is 7.14. The molecule has 3 heterocycles. The van der Waals surface area contributed by atoms with Crippen molar-refractivity contribution >= 4 is 22.4 Å². The Bertz CT molecular complexity index is 960. The molecule has 118 valence electrons. The van der Waals surface area contributed by atoms with Gasteiger partial charge in [-0.3, -0.25) is 10.1 Å². The lowest BCUT2D eigenvalue weighted by atomic mass is 10.2. The van der Waals surface area contributed by atoms with Crippen LogP contribution < -0.4 is 5.32 Å². The highest BCUT2D eigenvalue weighted by Crippen LogP contribution is 2.25. The molecule has 1 N–H and O–H groups in total. The quantitative estimate of drug-likeness (QED) is 0.618. The zero-order valence-corrected chi connectivity index (χ0v) is 13.1. The van der Waals surface area contributed by atoms with E-state index < -0.39 is 0 Å². The number of rotatable bonds is 4. The fraction of sp³-hybridized carbons (Fsp3) is 0. The summed E-state index contributed by atoms with van der Waals surface area (Å²) < 4.78 is 6.89. The second-order valence-electron chi connectivity index (χ2n) is 4.86. The molecule has 0 saturated carbocycles. The number of anilines is 1. The van der Waals surface area contributed by atoms with Gasteiger partial charge in [-0.25, -0.2) is 14.6 Å². The lowest BCUT2D eigenvalue weighted by molar-refractivity contribution is 0.102. The number of nitrogens with zero attached hydrogens (tertiary/aromatic N) is 4. The first-order valence-electron chi connectivity index (χ1n) is 7.05. The molecule has 0 fully saturated rings. The molecule has 0 radical (unpaired) electrons. The molecule has 1 aromatic carbocycles. The molecule has 0 unspecified atom stereocenters. The van der Waals surface area contributed by atoms with Gasteiger partial charge in [-0.2, -0.15) is 5.10 Å². The Balaban J connectivity index is 1.53. The van der Waals surface area contributed by atoms with Gasteiger partial charge in [0.15, 0.2) is 10.9 Å². The van der Waals surface area contributed by atoms with E-state index in [2.05, 4.69) is 20.4 Å². The number of furan rings is 1. The van der Waals surface area contributed by atoms with Crippen molar-refractivity contribution in [2.45, 2.75) is 0 Å². The van der Waals surface area contributed by atoms with Crippen LogP contribution in [-0.4, -0.2) is 25.7 Å². The molecular weight excluding hydrogens is 326 g/mol. The van der Waals surface area contributed by atoms with Crippen LogP contribution in [0, 0.1) is 0 Å². The number of hydrogen-bond acceptors (Lipinski definition) is 6. The minimum atomic E-state index is -0.239. The highest BCUT2D eigenvalue weighted by Gasteiger charge is 2.12. The van der Waals surface area contributed by atoms with Gasteiger partial charge in [0.05, 0.1) is 12.0 Å². The van der Waals surface area contributed by atoms with E-state index in [0.717, 1.165) is 5.69 Å². The van der Waals surface area contributed by atoms with Gasteiger partial charge in [0.2, 0.25) is 0 Å². The molecule has 0 aliphatic rings. The summed E-state index contributed by atoms with van der Waals surface area (Å²) in [6.07, 6.45) is 4.61. The molecule has 24 heavy (non-hydrogen) atoms. The van der Waals surface area contributed by atoms with Crippen LogP contribution >= 0.6 is 11.3 Å². The average Bonchev–Trinajstić information content (AvgIpc) is 3.36. The topological polar surface area (TPSA) is 85.8 Å². The first-order valence-corrected chi connectivity index (χ1v) is 7.93. The van der Waals surface area contributed by atoms with E-state index >= 15 is 0 Å². The van der Waals surface area contributed by atoms with E-state index in [1.54, 1.807) is 41.5 Å². The minimum absolute atomic E-state index is 0.239. The predicted octanol–water partition coefficient (Wildman–Crippen LogP) is 3.24. The van der Waals surface area contributed by atoms with Gasteiger partial charge in [-0.1, -0.05) is 6.07 Å². The zero-order valence-electron chi connectivity index (χ0n) is 12.3. The Morgan fingerprint density at radius 3 is 3.00 bits per heavy atom. The summed E-state index contributed by atoms with van der Waals surface area (Å²) in [4.78, 5) is 20.7. The molecule has 0 saturated heterocycles. The molecule has 0 aliphatic heterocycles. The number of nitrogens with one attached hydrogen (secondary N) is 1. The minimum Gasteiger partial charge on any atom is -0.463 e. The van der Waals surface area contributed by atoms with Gasteiger partial charge >= 0.3 is 0 Å². The number of carbonyl (C=O) groups excluding carboxylic acids is 1. The van der Waals surface area contributed by atoms with E-state index in [1.807, 2.05) is 17.5 Å². The Kier molecular flexibility index (Phi) is 3.64. The summed E-state index contributed by atoms with van der Waals surface area (Å²) >= 11 is 1.34. The van der Waals surface area contributed by atoms with Crippen LogP contribution in [0.2, 0.25) is 0 Å². The van der Waals surface area contributed by atoms with E-state index in [-0.39, 0.29) is 5.91 Å². The molecule has 7 nitrogen and oxygen atoms in total. The van der Waals surface area contributed by atoms with Crippen LogP contribution in [0.15, 0.2) is 65.1 Å². The summed E-state index contributed by atoms with van der Waals surface area (Å²) in [5, 5.41) is 9.20. The summed E-state index contributed by atoms with van der Waals surface area (Å²) in [5.41, 5.74) is 1.96. The number of carbonyl (C=O) groups is 1. The molecule has 8 heteroatoms. The summed E-state index contributed by atoms with van der Waals surface area (Å²) in [6.45, 7) is 0. The Labute approximate surface area is 140 Å². The van der Waals surface area contributed by atoms with Crippen molar-refractivity contribution in [1.82, 2.24) is 19.7 Å². The molecule has 0 spiro atoms. The number of aromatic nitrogens is 4. The summed E-state index contributed by atoms with van der Waals surface area (Å²) in [5.74, 6) is 0.428. The van der Waals surface area contributed by atoms with Gasteiger partial charge in [0, 0.05) is 10.9 Å². The number of thiazole rings is 1. The van der Waals surface area contributed by atoms with Crippen LogP contribution in [-0.2, 0) is 0 Å². The van der Waals surface area contributed by atoms with Gasteiger partial charge in [-0.15, -0.1) is 11.3 Å². The van der Waals surface area contributed by atoms with Crippen molar-refractivity contribution in [3.63, 3.8) is 0 Å². The Morgan fingerprint density at radius 2 is 2.21 bits per heavy atom. The standard InChI is InChI=1S/C16H11N5O2S/c22-15(11-3-1-4-12(7-11)21-10-17-9-18-21)20-16-19-13(8-24-16)14-5-2-6-23-14/h1-10H,(H,19,20,22). The maximum absolute atomic E-state index is 12.4. The van der Waals surface area contributed by atoms with Crippen molar-refractivity contribution in [2.24, 2.45) is 0 Å². The molecule has 4 aromatic rings. The van der Waals surface area contributed by atoms with Crippen LogP contribution in [0.3, 0.4) is 0 Å². The molecule has 4 rings (SSSR count). The monoisotopic (exact) mass is 337 g/mol. The molecule has 3 aromatic heterocycles. The maximum Gasteiger partial charge on any atom is 0.257 e. The van der Waals surface area contributed by atoms with Crippen molar-refractivity contribution in [3.05, 3.63) is 66.3 Å². The molecular formula is C16H11N5O2S. The summed E-state index contributed by atoms with van der Waals surface area (Å²) in [6, 6.07) is 10.7. The van der Waals surface area contributed by atoms with E-state index in [1.165, 1.54) is 17.7 Å². The zero-order chi connectivity index (χ0) is 16.4. The van der Waals surface area contributed by atoms with Gasteiger partial charge in [0.25, 0.3) is 5.91 Å².